The van der Waals surface area contributed by atoms with Crippen molar-refractivity contribution in [3.05, 3.63) is 41.6 Å². The summed E-state index contributed by atoms with van der Waals surface area (Å²) in [4.78, 5) is 24.3. The van der Waals surface area contributed by atoms with Crippen LogP contribution >= 0.6 is 0 Å². The number of ether oxygens (including phenoxy) is 2. The summed E-state index contributed by atoms with van der Waals surface area (Å²) in [5.41, 5.74) is 1.18. The van der Waals surface area contributed by atoms with Crippen molar-refractivity contribution < 1.29 is 19.1 Å². The van der Waals surface area contributed by atoms with E-state index in [0.717, 1.165) is 11.3 Å². The number of methoxy groups -OCH3 is 1. The highest BCUT2D eigenvalue weighted by atomic mass is 16.5. The first-order chi connectivity index (χ1) is 12.0. The number of amides is 2. The predicted octanol–water partition coefficient (Wildman–Crippen LogP) is 1.71. The van der Waals surface area contributed by atoms with Gasteiger partial charge in [-0.25, -0.2) is 0 Å². The lowest BCUT2D eigenvalue weighted by Crippen LogP contribution is -2.29. The van der Waals surface area contributed by atoms with E-state index in [-0.39, 0.29) is 23.2 Å². The molecule has 1 aromatic carbocycles. The van der Waals surface area contributed by atoms with Gasteiger partial charge in [0.1, 0.15) is 23.2 Å². The molecule has 0 aliphatic carbocycles. The Morgan fingerprint density at radius 2 is 2.00 bits per heavy atom. The van der Waals surface area contributed by atoms with E-state index < -0.39 is 6.10 Å². The highest BCUT2D eigenvalue weighted by Gasteiger charge is 2.19. The Hall–Kier alpha value is -2.87. The number of carbonyl (C=O) groups is 2. The van der Waals surface area contributed by atoms with E-state index in [1.807, 2.05) is 24.3 Å². The molecule has 2 rings (SSSR count). The predicted molar refractivity (Wildman–Crippen MR) is 92.5 cm³/mol. The summed E-state index contributed by atoms with van der Waals surface area (Å²) < 4.78 is 10.3. The van der Waals surface area contributed by atoms with Gasteiger partial charge in [-0.3, -0.25) is 14.7 Å². The first-order valence-electron chi connectivity index (χ1n) is 7.92. The molecule has 8 heteroatoms. The number of rotatable bonds is 8. The van der Waals surface area contributed by atoms with Crippen LogP contribution in [0.2, 0.25) is 0 Å². The summed E-state index contributed by atoms with van der Waals surface area (Å²) >= 11 is 0. The van der Waals surface area contributed by atoms with Gasteiger partial charge in [0.05, 0.1) is 13.3 Å². The Kier molecular flexibility index (Phi) is 6.53. The quantitative estimate of drug-likeness (QED) is 0.675. The molecule has 0 saturated heterocycles. The molecule has 0 radical (unpaired) electrons. The van der Waals surface area contributed by atoms with Gasteiger partial charge in [0.25, 0.3) is 11.8 Å². The molecule has 0 aliphatic heterocycles. The largest absolute Gasteiger partial charge is 0.497 e. The number of aromatic nitrogens is 2. The maximum Gasteiger partial charge on any atom is 0.256 e. The average molecular weight is 346 g/mol. The van der Waals surface area contributed by atoms with Crippen LogP contribution in [-0.2, 0) is 16.1 Å². The standard InChI is InChI=1S/C17H22N4O4/c1-4-25-11(2)16(22)20-15-14(10-19-21-15)17(23)18-9-12-5-7-13(24-3)8-6-12/h5-8,10-11H,4,9H2,1-3H3,(H,18,23)(H2,19,20,21,22)/t11-/m0/s1. The second-order valence-corrected chi connectivity index (χ2v) is 5.28. The van der Waals surface area contributed by atoms with E-state index in [4.69, 9.17) is 9.47 Å². The molecule has 3 N–H and O–H groups in total. The number of H-pyrrole nitrogens is 1. The topological polar surface area (TPSA) is 105 Å². The third kappa shape index (κ3) is 5.05. The van der Waals surface area contributed by atoms with E-state index in [1.54, 1.807) is 21.0 Å². The van der Waals surface area contributed by atoms with Gasteiger partial charge >= 0.3 is 0 Å². The summed E-state index contributed by atoms with van der Waals surface area (Å²) in [5, 5.41) is 11.8. The van der Waals surface area contributed by atoms with Crippen LogP contribution in [0.5, 0.6) is 5.75 Å². The van der Waals surface area contributed by atoms with E-state index in [9.17, 15) is 9.59 Å². The number of nitrogens with zero attached hydrogens (tertiary/aromatic N) is 1. The molecule has 0 bridgehead atoms. The van der Waals surface area contributed by atoms with Crippen LogP contribution in [0, 0.1) is 0 Å². The van der Waals surface area contributed by atoms with Crippen molar-refractivity contribution in [3.8, 4) is 5.75 Å². The zero-order chi connectivity index (χ0) is 18.2. The fourth-order valence-corrected chi connectivity index (χ4v) is 2.13. The molecule has 0 unspecified atom stereocenters. The second-order valence-electron chi connectivity index (χ2n) is 5.28. The highest BCUT2D eigenvalue weighted by molar-refractivity contribution is 6.03. The molecule has 134 valence electrons. The van der Waals surface area contributed by atoms with Gasteiger partial charge in [0.2, 0.25) is 0 Å². The molecular formula is C17H22N4O4. The molecule has 0 fully saturated rings. The van der Waals surface area contributed by atoms with Gasteiger partial charge in [0, 0.05) is 13.2 Å². The number of nitrogens with one attached hydrogen (secondary N) is 3. The van der Waals surface area contributed by atoms with Crippen molar-refractivity contribution in [3.63, 3.8) is 0 Å². The Balaban J connectivity index is 1.95. The van der Waals surface area contributed by atoms with Crippen LogP contribution in [0.1, 0.15) is 29.8 Å². The first kappa shape index (κ1) is 18.5. The molecule has 0 saturated carbocycles. The van der Waals surface area contributed by atoms with Crippen LogP contribution in [0.15, 0.2) is 30.5 Å². The van der Waals surface area contributed by atoms with Crippen molar-refractivity contribution in [2.24, 2.45) is 0 Å². The molecule has 0 aliphatic rings. The van der Waals surface area contributed by atoms with E-state index in [2.05, 4.69) is 20.8 Å². The number of hydrogen-bond donors (Lipinski definition) is 3. The fraction of sp³-hybridized carbons (Fsp3) is 0.353. The second kappa shape index (κ2) is 8.84. The van der Waals surface area contributed by atoms with Crippen molar-refractivity contribution in [1.29, 1.82) is 0 Å². The maximum absolute atomic E-state index is 12.3. The lowest BCUT2D eigenvalue weighted by atomic mass is 10.2. The van der Waals surface area contributed by atoms with Crippen molar-refractivity contribution >= 4 is 17.6 Å². The van der Waals surface area contributed by atoms with Gasteiger partial charge in [0.15, 0.2) is 0 Å². The number of anilines is 1. The van der Waals surface area contributed by atoms with Crippen molar-refractivity contribution in [1.82, 2.24) is 15.5 Å². The maximum atomic E-state index is 12.3. The summed E-state index contributed by atoms with van der Waals surface area (Å²) in [6.45, 7) is 4.21. The number of carbonyl (C=O) groups excluding carboxylic acids is 2. The molecular weight excluding hydrogens is 324 g/mol. The molecule has 1 aromatic heterocycles. The lowest BCUT2D eigenvalue weighted by Gasteiger charge is -2.12. The third-order valence-corrected chi connectivity index (χ3v) is 3.53. The summed E-state index contributed by atoms with van der Waals surface area (Å²) in [7, 11) is 1.60. The number of aromatic amines is 1. The van der Waals surface area contributed by atoms with Crippen LogP contribution < -0.4 is 15.4 Å². The lowest BCUT2D eigenvalue weighted by molar-refractivity contribution is -0.126. The van der Waals surface area contributed by atoms with Gasteiger partial charge in [-0.1, -0.05) is 12.1 Å². The Morgan fingerprint density at radius 3 is 2.64 bits per heavy atom. The van der Waals surface area contributed by atoms with Gasteiger partial charge in [-0.05, 0) is 31.5 Å². The van der Waals surface area contributed by atoms with Crippen LogP contribution in [0.4, 0.5) is 5.82 Å². The molecule has 1 atom stereocenters. The minimum absolute atomic E-state index is 0.240. The van der Waals surface area contributed by atoms with Crippen LogP contribution in [-0.4, -0.2) is 41.8 Å². The zero-order valence-corrected chi connectivity index (χ0v) is 14.5. The SMILES string of the molecule is CCO[C@@H](C)C(=O)Nc1[nH]ncc1C(=O)NCc1ccc(OC)cc1. The minimum atomic E-state index is -0.622. The molecule has 2 amide bonds. The first-order valence-corrected chi connectivity index (χ1v) is 7.92. The normalized spacial score (nSPS) is 11.6. The molecule has 8 nitrogen and oxygen atoms in total. The minimum Gasteiger partial charge on any atom is -0.497 e. The Labute approximate surface area is 145 Å². The summed E-state index contributed by atoms with van der Waals surface area (Å²) in [5.74, 6) is 0.293. The number of hydrogen-bond acceptors (Lipinski definition) is 5. The third-order valence-electron chi connectivity index (χ3n) is 3.53. The molecule has 0 spiro atoms. The Bertz CT molecular complexity index is 712. The summed E-state index contributed by atoms with van der Waals surface area (Å²) in [6, 6.07) is 7.36. The van der Waals surface area contributed by atoms with E-state index >= 15 is 0 Å². The highest BCUT2D eigenvalue weighted by Crippen LogP contribution is 2.13. The fourth-order valence-electron chi connectivity index (χ4n) is 2.13. The van der Waals surface area contributed by atoms with Crippen molar-refractivity contribution in [2.75, 3.05) is 19.0 Å². The molecule has 1 heterocycles. The smallest absolute Gasteiger partial charge is 0.256 e. The van der Waals surface area contributed by atoms with Gasteiger partial charge < -0.3 is 20.1 Å². The summed E-state index contributed by atoms with van der Waals surface area (Å²) in [6.07, 6.45) is 0.744. The Morgan fingerprint density at radius 1 is 1.28 bits per heavy atom. The van der Waals surface area contributed by atoms with Crippen LogP contribution in [0.25, 0.3) is 0 Å². The average Bonchev–Trinajstić information content (AvgIpc) is 3.08. The molecule has 2 aromatic rings. The van der Waals surface area contributed by atoms with Gasteiger partial charge in [-0.2, -0.15) is 5.10 Å². The van der Waals surface area contributed by atoms with E-state index in [1.165, 1.54) is 6.20 Å². The number of benzene rings is 1. The zero-order valence-electron chi connectivity index (χ0n) is 14.5. The monoisotopic (exact) mass is 346 g/mol. The van der Waals surface area contributed by atoms with Gasteiger partial charge in [-0.15, -0.1) is 0 Å². The van der Waals surface area contributed by atoms with Crippen LogP contribution in [0.3, 0.4) is 0 Å². The van der Waals surface area contributed by atoms with Crippen molar-refractivity contribution in [2.45, 2.75) is 26.5 Å². The molecule has 25 heavy (non-hydrogen) atoms. The van der Waals surface area contributed by atoms with E-state index in [0.29, 0.717) is 13.2 Å².